The number of hydrogen-bond donors (Lipinski definition) is 0. The highest BCUT2D eigenvalue weighted by atomic mass is 16.7. The number of non-ortho nitro benzene ring substituents is 1. The van der Waals surface area contributed by atoms with Gasteiger partial charge in [-0.1, -0.05) is 12.1 Å². The van der Waals surface area contributed by atoms with Gasteiger partial charge in [-0.05, 0) is 39.3 Å². The van der Waals surface area contributed by atoms with Crippen molar-refractivity contribution in [3.63, 3.8) is 0 Å². The van der Waals surface area contributed by atoms with Crippen molar-refractivity contribution in [2.24, 2.45) is 0 Å². The number of carbonyl (C=O) groups is 2. The highest BCUT2D eigenvalue weighted by molar-refractivity contribution is 6.21. The fourth-order valence-corrected chi connectivity index (χ4v) is 2.03. The number of carbonyl (C=O) groups excluding carboxylic acids is 2. The van der Waals surface area contributed by atoms with Gasteiger partial charge in [0, 0.05) is 25.3 Å². The predicted molar refractivity (Wildman–Crippen MR) is 94.3 cm³/mol. The zero-order chi connectivity index (χ0) is 19.7. The van der Waals surface area contributed by atoms with Crippen LogP contribution in [0.1, 0.15) is 33.3 Å². The molecule has 142 valence electrons. The molecule has 0 aromatic heterocycles. The summed E-state index contributed by atoms with van der Waals surface area (Å²) in [6, 6.07) is 5.57. The Hall–Kier alpha value is -2.58. The van der Waals surface area contributed by atoms with Crippen molar-refractivity contribution in [1.82, 2.24) is 0 Å². The van der Waals surface area contributed by atoms with Crippen molar-refractivity contribution in [3.8, 4) is 0 Å². The van der Waals surface area contributed by atoms with E-state index in [9.17, 15) is 19.7 Å². The van der Waals surface area contributed by atoms with Gasteiger partial charge < -0.3 is 14.2 Å². The minimum Gasteiger partial charge on any atom is -0.459 e. The lowest BCUT2D eigenvalue weighted by Gasteiger charge is -2.17. The van der Waals surface area contributed by atoms with Crippen molar-refractivity contribution >= 4 is 23.5 Å². The van der Waals surface area contributed by atoms with Crippen LogP contribution >= 0.6 is 0 Å². The summed E-state index contributed by atoms with van der Waals surface area (Å²) in [5, 5.41) is 10.9. The van der Waals surface area contributed by atoms with Crippen LogP contribution in [-0.4, -0.2) is 42.3 Å². The first kappa shape index (κ1) is 21.5. The molecular formula is C18H23NO7. The summed E-state index contributed by atoms with van der Waals surface area (Å²) in [6.45, 7) is 7.09. The summed E-state index contributed by atoms with van der Waals surface area (Å²) >= 11 is 0. The van der Waals surface area contributed by atoms with Gasteiger partial charge in [-0.15, -0.1) is 0 Å². The van der Waals surface area contributed by atoms with Crippen LogP contribution < -0.4 is 0 Å². The molecule has 0 saturated carbocycles. The predicted octanol–water partition coefficient (Wildman–Crippen LogP) is 2.90. The van der Waals surface area contributed by atoms with E-state index in [1.807, 2.05) is 0 Å². The van der Waals surface area contributed by atoms with E-state index in [1.54, 1.807) is 33.8 Å². The molecule has 1 rings (SSSR count). The number of Topliss-reactive ketones (excluding diaryl/α,β-unsaturated/α-hetero) is 1. The Kier molecular flexibility index (Phi) is 8.60. The molecule has 0 fully saturated rings. The molecule has 0 bridgehead atoms. The molecule has 0 amide bonds. The van der Waals surface area contributed by atoms with Crippen LogP contribution in [-0.2, 0) is 23.8 Å². The van der Waals surface area contributed by atoms with Gasteiger partial charge in [0.05, 0.1) is 11.0 Å². The highest BCUT2D eigenvalue weighted by Crippen LogP contribution is 2.18. The van der Waals surface area contributed by atoms with Crippen molar-refractivity contribution in [1.29, 1.82) is 0 Å². The van der Waals surface area contributed by atoms with Gasteiger partial charge in [0.25, 0.3) is 5.69 Å². The lowest BCUT2D eigenvalue weighted by atomic mass is 10.1. The minimum atomic E-state index is -1.25. The lowest BCUT2D eigenvalue weighted by molar-refractivity contribution is -0.384. The fourth-order valence-electron chi connectivity index (χ4n) is 2.03. The lowest BCUT2D eigenvalue weighted by Crippen LogP contribution is -2.32. The first-order chi connectivity index (χ1) is 12.3. The van der Waals surface area contributed by atoms with Gasteiger partial charge in [-0.3, -0.25) is 14.9 Å². The molecule has 0 unspecified atom stereocenters. The van der Waals surface area contributed by atoms with Crippen LogP contribution in [0.3, 0.4) is 0 Å². The second-order valence-electron chi connectivity index (χ2n) is 5.47. The molecule has 0 aliphatic carbocycles. The Morgan fingerprint density at radius 3 is 2.31 bits per heavy atom. The summed E-state index contributed by atoms with van der Waals surface area (Å²) in [6.07, 6.45) is -0.457. The summed E-state index contributed by atoms with van der Waals surface area (Å²) in [5.41, 5.74) is -0.143. The molecule has 0 aliphatic heterocycles. The molecule has 8 nitrogen and oxygen atoms in total. The Balaban J connectivity index is 3.31. The van der Waals surface area contributed by atoms with E-state index < -0.39 is 29.1 Å². The van der Waals surface area contributed by atoms with Gasteiger partial charge in [-0.25, -0.2) is 4.79 Å². The fraction of sp³-hybridized carbons (Fsp3) is 0.444. The smallest absolute Gasteiger partial charge is 0.342 e. The largest absolute Gasteiger partial charge is 0.459 e. The Morgan fingerprint density at radius 1 is 1.19 bits per heavy atom. The van der Waals surface area contributed by atoms with Crippen LogP contribution in [0.2, 0.25) is 0 Å². The molecule has 0 N–H and O–H groups in total. The number of nitro benzene ring substituents is 1. The van der Waals surface area contributed by atoms with E-state index in [2.05, 4.69) is 0 Å². The standard InChI is InChI=1S/C18H23NO7/c1-5-24-18(25-6-2)16(20)15(17(21)26-12(3)4)11-13-8-7-9-14(10-13)19(22)23/h7-12,18H,5-6H2,1-4H3/b15-11-. The average Bonchev–Trinajstić information content (AvgIpc) is 2.58. The highest BCUT2D eigenvalue weighted by Gasteiger charge is 2.29. The van der Waals surface area contributed by atoms with Crippen molar-refractivity contribution in [2.45, 2.75) is 40.1 Å². The molecule has 0 aliphatic rings. The summed E-state index contributed by atoms with van der Waals surface area (Å²) < 4.78 is 15.6. The number of benzene rings is 1. The Morgan fingerprint density at radius 2 is 1.81 bits per heavy atom. The van der Waals surface area contributed by atoms with E-state index in [0.29, 0.717) is 5.56 Å². The minimum absolute atomic E-state index is 0.158. The third-order valence-electron chi connectivity index (χ3n) is 3.07. The molecule has 0 heterocycles. The molecule has 1 aromatic carbocycles. The molecule has 0 saturated heterocycles. The van der Waals surface area contributed by atoms with E-state index in [0.717, 1.165) is 0 Å². The average molecular weight is 365 g/mol. The zero-order valence-corrected chi connectivity index (χ0v) is 15.3. The van der Waals surface area contributed by atoms with E-state index >= 15 is 0 Å². The van der Waals surface area contributed by atoms with Crippen molar-refractivity contribution in [3.05, 3.63) is 45.5 Å². The SMILES string of the molecule is CCOC(OCC)C(=O)/C(=C/c1cccc([N+](=O)[O-])c1)C(=O)OC(C)C. The number of rotatable bonds is 10. The van der Waals surface area contributed by atoms with Crippen LogP contribution in [0.25, 0.3) is 6.08 Å². The zero-order valence-electron chi connectivity index (χ0n) is 15.3. The van der Waals surface area contributed by atoms with E-state index in [-0.39, 0.29) is 24.5 Å². The number of nitro groups is 1. The Labute approximate surface area is 151 Å². The van der Waals surface area contributed by atoms with Gasteiger partial charge in [0.2, 0.25) is 12.1 Å². The van der Waals surface area contributed by atoms with E-state index in [1.165, 1.54) is 24.3 Å². The molecule has 0 spiro atoms. The molecule has 1 aromatic rings. The van der Waals surface area contributed by atoms with E-state index in [4.69, 9.17) is 14.2 Å². The van der Waals surface area contributed by atoms with Gasteiger partial charge >= 0.3 is 5.97 Å². The van der Waals surface area contributed by atoms with Gasteiger partial charge in [0.15, 0.2) is 0 Å². The quantitative estimate of drug-likeness (QED) is 0.119. The first-order valence-electron chi connectivity index (χ1n) is 8.24. The second-order valence-corrected chi connectivity index (χ2v) is 5.47. The molecule has 0 radical (unpaired) electrons. The number of nitrogens with zero attached hydrogens (tertiary/aromatic N) is 1. The summed E-state index contributed by atoms with van der Waals surface area (Å²) in [4.78, 5) is 35.4. The Bertz CT molecular complexity index is 676. The monoisotopic (exact) mass is 365 g/mol. The number of ether oxygens (including phenoxy) is 3. The molecular weight excluding hydrogens is 342 g/mol. The van der Waals surface area contributed by atoms with Crippen molar-refractivity contribution < 1.29 is 28.7 Å². The van der Waals surface area contributed by atoms with Crippen LogP contribution in [0, 0.1) is 10.1 Å². The molecule has 26 heavy (non-hydrogen) atoms. The van der Waals surface area contributed by atoms with Crippen molar-refractivity contribution in [2.75, 3.05) is 13.2 Å². The number of hydrogen-bond acceptors (Lipinski definition) is 7. The maximum Gasteiger partial charge on any atom is 0.342 e. The normalized spacial score (nSPS) is 11.7. The second kappa shape index (κ2) is 10.4. The van der Waals surface area contributed by atoms with Crippen LogP contribution in [0.15, 0.2) is 29.8 Å². The molecule has 8 heteroatoms. The third-order valence-corrected chi connectivity index (χ3v) is 3.07. The maximum atomic E-state index is 12.7. The van der Waals surface area contributed by atoms with Gasteiger partial charge in [-0.2, -0.15) is 0 Å². The summed E-state index contributed by atoms with van der Waals surface area (Å²) in [7, 11) is 0. The van der Waals surface area contributed by atoms with Crippen LogP contribution in [0.5, 0.6) is 0 Å². The first-order valence-corrected chi connectivity index (χ1v) is 8.24. The third kappa shape index (κ3) is 6.38. The summed E-state index contributed by atoms with van der Waals surface area (Å²) in [5.74, 6) is -1.55. The maximum absolute atomic E-state index is 12.7. The molecule has 0 atom stereocenters. The van der Waals surface area contributed by atoms with Gasteiger partial charge in [0.1, 0.15) is 5.57 Å². The number of ketones is 1. The number of esters is 1. The van der Waals surface area contributed by atoms with Crippen LogP contribution in [0.4, 0.5) is 5.69 Å². The topological polar surface area (TPSA) is 105 Å².